The molecule has 2 N–H and O–H groups in total. The molecule has 0 saturated carbocycles. The number of nitrogens with two attached hydrogens (primary N) is 1. The third-order valence-corrected chi connectivity index (χ3v) is 2.82. The van der Waals surface area contributed by atoms with Crippen LogP contribution in [0.1, 0.15) is 6.92 Å². The lowest BCUT2D eigenvalue weighted by molar-refractivity contribution is -0.169. The molecule has 1 aromatic rings. The number of hydrogen-bond donors (Lipinski definition) is 1. The van der Waals surface area contributed by atoms with Crippen molar-refractivity contribution in [1.82, 2.24) is 4.98 Å². The summed E-state index contributed by atoms with van der Waals surface area (Å²) in [5.74, 6) is -2.46. The third-order valence-electron chi connectivity index (χ3n) is 2.09. The largest absolute Gasteiger partial charge is 0.511 e. The Hall–Kier alpha value is -2.00. The zero-order chi connectivity index (χ0) is 16.9. The van der Waals surface area contributed by atoms with Crippen molar-refractivity contribution in [2.24, 2.45) is 0 Å². The smallest absolute Gasteiger partial charge is 0.464 e. The molecule has 0 aliphatic rings. The molecule has 0 radical (unpaired) electrons. The van der Waals surface area contributed by atoms with Crippen molar-refractivity contribution < 1.29 is 32.9 Å². The van der Waals surface area contributed by atoms with Crippen LogP contribution in [0.15, 0.2) is 0 Å². The fraction of sp³-hybridized carbons (Fsp3) is 0.364. The van der Waals surface area contributed by atoms with Crippen molar-refractivity contribution >= 4 is 41.0 Å². The molecule has 0 saturated heterocycles. The van der Waals surface area contributed by atoms with E-state index in [2.05, 4.69) is 19.2 Å². The number of pyridine rings is 1. The van der Waals surface area contributed by atoms with E-state index in [4.69, 9.17) is 33.7 Å². The summed E-state index contributed by atoms with van der Waals surface area (Å²) in [6.45, 7) is 0.599. The highest BCUT2D eigenvalue weighted by atomic mass is 35.5. The van der Waals surface area contributed by atoms with E-state index in [1.54, 1.807) is 0 Å². The predicted molar refractivity (Wildman–Crippen MR) is 73.2 cm³/mol. The molecule has 11 heteroatoms. The summed E-state index contributed by atoms with van der Waals surface area (Å²) < 4.78 is 31.5. The lowest BCUT2D eigenvalue weighted by Gasteiger charge is -2.13. The number of nitrogens with zero attached hydrogens (tertiary/aromatic N) is 1. The van der Waals surface area contributed by atoms with Crippen molar-refractivity contribution in [3.8, 4) is 5.88 Å². The van der Waals surface area contributed by atoms with Crippen LogP contribution in [0, 0.1) is 5.95 Å². The molecule has 1 heterocycles. The van der Waals surface area contributed by atoms with Crippen LogP contribution in [-0.4, -0.2) is 37.1 Å². The molecule has 0 spiro atoms. The van der Waals surface area contributed by atoms with Gasteiger partial charge in [0.2, 0.25) is 18.1 Å². The van der Waals surface area contributed by atoms with Crippen molar-refractivity contribution in [3.05, 3.63) is 16.0 Å². The number of nitrogen functional groups attached to an aromatic ring is 1. The van der Waals surface area contributed by atoms with Crippen molar-refractivity contribution in [2.75, 3.05) is 19.5 Å². The standard InChI is InChI=1S/C11H11Cl2FN2O6/c1-4(22-11(18)19-2)21-5(17)3-20-10-7(13)8(15)6(12)9(14)16-10/h4H,3H2,1-2H3,(H2,15,16). The molecule has 8 nitrogen and oxygen atoms in total. The molecule has 1 atom stereocenters. The van der Waals surface area contributed by atoms with Gasteiger partial charge >= 0.3 is 12.1 Å². The minimum atomic E-state index is -1.21. The van der Waals surface area contributed by atoms with E-state index in [9.17, 15) is 14.0 Å². The van der Waals surface area contributed by atoms with E-state index in [1.165, 1.54) is 6.92 Å². The van der Waals surface area contributed by atoms with Crippen LogP contribution < -0.4 is 10.5 Å². The highest BCUT2D eigenvalue weighted by Gasteiger charge is 2.19. The minimum absolute atomic E-state index is 0.252. The number of aromatic nitrogens is 1. The molecule has 0 aromatic carbocycles. The van der Waals surface area contributed by atoms with Crippen LogP contribution in [0.2, 0.25) is 10.0 Å². The maximum atomic E-state index is 13.3. The summed E-state index contributed by atoms with van der Waals surface area (Å²) in [6, 6.07) is 0. The molecule has 122 valence electrons. The molecule has 0 aliphatic carbocycles. The number of esters is 1. The summed E-state index contributed by atoms with van der Waals surface area (Å²) >= 11 is 11.2. The maximum absolute atomic E-state index is 13.3. The Labute approximate surface area is 134 Å². The van der Waals surface area contributed by atoms with E-state index in [0.29, 0.717) is 0 Å². The Morgan fingerprint density at radius 3 is 2.55 bits per heavy atom. The number of anilines is 1. The van der Waals surface area contributed by atoms with Crippen LogP contribution in [0.25, 0.3) is 0 Å². The molecule has 22 heavy (non-hydrogen) atoms. The Bertz CT molecular complexity index is 586. The minimum Gasteiger partial charge on any atom is -0.464 e. The zero-order valence-electron chi connectivity index (χ0n) is 11.4. The van der Waals surface area contributed by atoms with Gasteiger partial charge in [0.25, 0.3) is 0 Å². The van der Waals surface area contributed by atoms with Crippen molar-refractivity contribution in [1.29, 1.82) is 0 Å². The predicted octanol–water partition coefficient (Wildman–Crippen LogP) is 2.16. The van der Waals surface area contributed by atoms with E-state index in [0.717, 1.165) is 7.11 Å². The van der Waals surface area contributed by atoms with Crippen molar-refractivity contribution in [2.45, 2.75) is 13.2 Å². The summed E-state index contributed by atoms with van der Waals surface area (Å²) in [7, 11) is 1.09. The normalized spacial score (nSPS) is 11.5. The Morgan fingerprint density at radius 2 is 1.95 bits per heavy atom. The second-order valence-electron chi connectivity index (χ2n) is 3.67. The number of methoxy groups -OCH3 is 1. The average Bonchev–Trinajstić information content (AvgIpc) is 2.47. The molecular formula is C11H11Cl2FN2O6. The highest BCUT2D eigenvalue weighted by molar-refractivity contribution is 6.39. The number of halogens is 3. The van der Waals surface area contributed by atoms with Gasteiger partial charge < -0.3 is 24.7 Å². The fourth-order valence-corrected chi connectivity index (χ4v) is 1.54. The lowest BCUT2D eigenvalue weighted by atomic mass is 10.4. The molecule has 0 amide bonds. The van der Waals surface area contributed by atoms with Crippen molar-refractivity contribution in [3.63, 3.8) is 0 Å². The second kappa shape index (κ2) is 7.85. The van der Waals surface area contributed by atoms with E-state index in [-0.39, 0.29) is 10.7 Å². The molecule has 1 rings (SSSR count). The first-order valence-electron chi connectivity index (χ1n) is 5.63. The Morgan fingerprint density at radius 1 is 1.32 bits per heavy atom. The van der Waals surface area contributed by atoms with Gasteiger partial charge in [-0.2, -0.15) is 9.37 Å². The summed E-state index contributed by atoms with van der Waals surface area (Å²) in [5.41, 5.74) is 5.15. The van der Waals surface area contributed by atoms with Crippen LogP contribution in [0.3, 0.4) is 0 Å². The monoisotopic (exact) mass is 356 g/mol. The molecular weight excluding hydrogens is 346 g/mol. The van der Waals surface area contributed by atoms with Gasteiger partial charge in [0.1, 0.15) is 10.0 Å². The SMILES string of the molecule is COC(=O)OC(C)OC(=O)COc1nc(F)c(Cl)c(N)c1Cl. The molecule has 0 bridgehead atoms. The summed E-state index contributed by atoms with van der Waals surface area (Å²) in [6.07, 6.45) is -2.24. The third kappa shape index (κ3) is 4.78. The van der Waals surface area contributed by atoms with E-state index in [1.807, 2.05) is 0 Å². The number of rotatable bonds is 5. The quantitative estimate of drug-likeness (QED) is 0.485. The van der Waals surface area contributed by atoms with E-state index < -0.39 is 41.9 Å². The van der Waals surface area contributed by atoms with Crippen LogP contribution in [-0.2, 0) is 19.0 Å². The van der Waals surface area contributed by atoms with Gasteiger partial charge in [-0.25, -0.2) is 9.59 Å². The first-order valence-corrected chi connectivity index (χ1v) is 6.38. The number of carbonyl (C=O) groups excluding carboxylic acids is 2. The molecule has 1 unspecified atom stereocenters. The van der Waals surface area contributed by atoms with Gasteiger partial charge in [-0.15, -0.1) is 0 Å². The maximum Gasteiger partial charge on any atom is 0.511 e. The summed E-state index contributed by atoms with van der Waals surface area (Å²) in [4.78, 5) is 25.5. The van der Waals surface area contributed by atoms with Gasteiger partial charge in [-0.05, 0) is 0 Å². The average molecular weight is 357 g/mol. The second-order valence-corrected chi connectivity index (χ2v) is 4.42. The molecule has 0 aliphatic heterocycles. The van der Waals surface area contributed by atoms with Gasteiger partial charge in [0.05, 0.1) is 12.8 Å². The zero-order valence-corrected chi connectivity index (χ0v) is 12.9. The fourth-order valence-electron chi connectivity index (χ4n) is 1.16. The summed E-state index contributed by atoms with van der Waals surface area (Å²) in [5, 5.41) is -0.710. The molecule has 1 aromatic heterocycles. The number of ether oxygens (including phenoxy) is 4. The first-order chi connectivity index (χ1) is 10.3. The van der Waals surface area contributed by atoms with Gasteiger partial charge in [-0.1, -0.05) is 23.2 Å². The van der Waals surface area contributed by atoms with Crippen LogP contribution >= 0.6 is 23.2 Å². The topological polar surface area (TPSA) is 110 Å². The van der Waals surface area contributed by atoms with Gasteiger partial charge in [-0.3, -0.25) is 0 Å². The van der Waals surface area contributed by atoms with E-state index >= 15 is 0 Å². The number of carbonyl (C=O) groups is 2. The Kier molecular flexibility index (Phi) is 6.44. The van der Waals surface area contributed by atoms with Gasteiger partial charge in [0.15, 0.2) is 6.61 Å². The molecule has 0 fully saturated rings. The Balaban J connectivity index is 2.60. The van der Waals surface area contributed by atoms with Crippen LogP contribution in [0.4, 0.5) is 14.9 Å². The number of hydrogen-bond acceptors (Lipinski definition) is 8. The first kappa shape index (κ1) is 18.1. The lowest BCUT2D eigenvalue weighted by Crippen LogP contribution is -2.25. The van der Waals surface area contributed by atoms with Crippen LogP contribution in [0.5, 0.6) is 5.88 Å². The highest BCUT2D eigenvalue weighted by Crippen LogP contribution is 2.35. The van der Waals surface area contributed by atoms with Gasteiger partial charge in [0, 0.05) is 6.92 Å².